The van der Waals surface area contributed by atoms with E-state index in [1.54, 1.807) is 12.3 Å². The average Bonchev–Trinajstić information content (AvgIpc) is 2.77. The van der Waals surface area contributed by atoms with E-state index in [1.165, 1.54) is 11.3 Å². The number of anilines is 1. The molecule has 0 spiro atoms. The minimum absolute atomic E-state index is 0.141. The van der Waals surface area contributed by atoms with Gasteiger partial charge in [-0.3, -0.25) is 5.43 Å². The Balaban J connectivity index is 2.09. The molecule has 0 atom stereocenters. The van der Waals surface area contributed by atoms with Gasteiger partial charge >= 0.3 is 6.36 Å². The predicted octanol–water partition coefficient (Wildman–Crippen LogP) is 3.94. The number of alkyl halides is 3. The predicted molar refractivity (Wildman–Crippen MR) is 71.2 cm³/mol. The second-order valence-corrected chi connectivity index (χ2v) is 4.75. The van der Waals surface area contributed by atoms with Crippen LogP contribution in [0.1, 0.15) is 11.3 Å². The highest BCUT2D eigenvalue weighted by Gasteiger charge is 2.31. The number of halogens is 4. The van der Waals surface area contributed by atoms with Gasteiger partial charge in [0.25, 0.3) is 0 Å². The van der Waals surface area contributed by atoms with Crippen LogP contribution in [0.5, 0.6) is 5.75 Å². The van der Waals surface area contributed by atoms with Crippen LogP contribution in [0.25, 0.3) is 0 Å². The second-order valence-electron chi connectivity index (χ2n) is 3.90. The summed E-state index contributed by atoms with van der Waals surface area (Å²) in [7, 11) is 0. The molecule has 0 saturated heterocycles. The molecule has 0 bridgehead atoms. The summed E-state index contributed by atoms with van der Waals surface area (Å²) in [6.07, 6.45) is -3.78. The van der Waals surface area contributed by atoms with E-state index in [0.717, 1.165) is 30.1 Å². The van der Waals surface area contributed by atoms with Crippen LogP contribution in [0.2, 0.25) is 0 Å². The van der Waals surface area contributed by atoms with Crippen molar-refractivity contribution in [3.8, 4) is 5.75 Å². The molecule has 4 nitrogen and oxygen atoms in total. The molecular formula is C12H9F4N3OS. The highest BCUT2D eigenvalue weighted by atomic mass is 32.1. The van der Waals surface area contributed by atoms with Gasteiger partial charge in [-0.25, -0.2) is 9.37 Å². The monoisotopic (exact) mass is 319 g/mol. The van der Waals surface area contributed by atoms with E-state index in [9.17, 15) is 17.6 Å². The minimum Gasteiger partial charge on any atom is -0.406 e. The van der Waals surface area contributed by atoms with Gasteiger partial charge in [-0.05, 0) is 25.1 Å². The molecule has 0 aliphatic carbocycles. The zero-order chi connectivity index (χ0) is 15.5. The molecule has 9 heteroatoms. The summed E-state index contributed by atoms with van der Waals surface area (Å²) in [5, 5.41) is 6.00. The summed E-state index contributed by atoms with van der Waals surface area (Å²) in [4.78, 5) is 4.06. The molecule has 0 unspecified atom stereocenters. The molecular weight excluding hydrogens is 310 g/mol. The van der Waals surface area contributed by atoms with Gasteiger partial charge in [-0.1, -0.05) is 0 Å². The van der Waals surface area contributed by atoms with Crippen molar-refractivity contribution in [2.75, 3.05) is 5.43 Å². The lowest BCUT2D eigenvalue weighted by Crippen LogP contribution is -2.17. The van der Waals surface area contributed by atoms with Crippen LogP contribution < -0.4 is 10.2 Å². The van der Waals surface area contributed by atoms with Gasteiger partial charge in [0.15, 0.2) is 0 Å². The van der Waals surface area contributed by atoms with Gasteiger partial charge in [-0.2, -0.15) is 5.10 Å². The molecule has 1 aromatic heterocycles. The highest BCUT2D eigenvalue weighted by molar-refractivity contribution is 7.13. The number of thiazole rings is 1. The fraction of sp³-hybridized carbons (Fsp3) is 0.167. The van der Waals surface area contributed by atoms with Crippen LogP contribution in [0.3, 0.4) is 0 Å². The van der Waals surface area contributed by atoms with E-state index < -0.39 is 17.9 Å². The molecule has 0 aliphatic heterocycles. The zero-order valence-electron chi connectivity index (χ0n) is 10.6. The van der Waals surface area contributed by atoms with Crippen molar-refractivity contribution in [3.63, 3.8) is 0 Å². The van der Waals surface area contributed by atoms with Crippen LogP contribution in [0.15, 0.2) is 28.7 Å². The first-order valence-corrected chi connectivity index (χ1v) is 6.48. The van der Waals surface area contributed by atoms with Crippen molar-refractivity contribution < 1.29 is 22.3 Å². The van der Waals surface area contributed by atoms with Crippen molar-refractivity contribution in [1.29, 1.82) is 0 Å². The number of benzene rings is 1. The van der Waals surface area contributed by atoms with Gasteiger partial charge < -0.3 is 4.74 Å². The largest absolute Gasteiger partial charge is 0.573 e. The Morgan fingerprint density at radius 3 is 2.76 bits per heavy atom. The smallest absolute Gasteiger partial charge is 0.406 e. The van der Waals surface area contributed by atoms with Crippen LogP contribution in [0.4, 0.5) is 22.7 Å². The number of hydrogen-bond donors (Lipinski definition) is 1. The maximum Gasteiger partial charge on any atom is 0.573 e. The molecule has 0 fully saturated rings. The summed E-state index contributed by atoms with van der Waals surface area (Å²) in [5.74, 6) is -1.24. The molecule has 2 aromatic rings. The lowest BCUT2D eigenvalue weighted by atomic mass is 10.2. The Bertz CT molecular complexity index is 654. The van der Waals surface area contributed by atoms with Crippen LogP contribution in [-0.4, -0.2) is 17.6 Å². The zero-order valence-corrected chi connectivity index (χ0v) is 11.4. The number of rotatable bonds is 4. The summed E-state index contributed by atoms with van der Waals surface area (Å²) in [6, 6.07) is 2.66. The quantitative estimate of drug-likeness (QED) is 0.527. The number of hydrogen-bond acceptors (Lipinski definition) is 5. The minimum atomic E-state index is -4.83. The number of ether oxygens (including phenoxy) is 1. The molecule has 2 rings (SSSR count). The van der Waals surface area contributed by atoms with Crippen molar-refractivity contribution in [1.82, 2.24) is 4.98 Å². The first kappa shape index (κ1) is 15.2. The maximum absolute atomic E-state index is 13.5. The SMILES string of the molecule is Cc1csc(NN=Cc2cc(OC(F)(F)F)ccc2F)n1. The average molecular weight is 319 g/mol. The Labute approximate surface area is 121 Å². The third-order valence-corrected chi connectivity index (χ3v) is 3.05. The first-order valence-electron chi connectivity index (χ1n) is 5.60. The summed E-state index contributed by atoms with van der Waals surface area (Å²) >= 11 is 1.30. The summed E-state index contributed by atoms with van der Waals surface area (Å²) in [6.45, 7) is 1.79. The fourth-order valence-corrected chi connectivity index (χ4v) is 2.02. The molecule has 1 aromatic carbocycles. The topological polar surface area (TPSA) is 46.5 Å². The van der Waals surface area contributed by atoms with Gasteiger partial charge in [0.1, 0.15) is 11.6 Å². The van der Waals surface area contributed by atoms with E-state index in [1.807, 2.05) is 0 Å². The van der Waals surface area contributed by atoms with E-state index in [2.05, 4.69) is 20.2 Å². The third kappa shape index (κ3) is 4.71. The Hall–Kier alpha value is -2.16. The molecule has 0 amide bonds. The standard InChI is InChI=1S/C12H9F4N3OS/c1-7-6-21-11(18-7)19-17-5-8-4-9(2-3-10(8)13)20-12(14,15)16/h2-6H,1H3,(H,18,19). The molecule has 1 N–H and O–H groups in total. The number of nitrogens with one attached hydrogen (secondary N) is 1. The first-order chi connectivity index (χ1) is 9.83. The van der Waals surface area contributed by atoms with Crippen LogP contribution in [0, 0.1) is 12.7 Å². The Morgan fingerprint density at radius 2 is 2.14 bits per heavy atom. The summed E-state index contributed by atoms with van der Waals surface area (Å²) < 4.78 is 53.4. The second kappa shape index (κ2) is 6.08. The highest BCUT2D eigenvalue weighted by Crippen LogP contribution is 2.24. The third-order valence-electron chi connectivity index (χ3n) is 2.18. The molecule has 0 aliphatic rings. The van der Waals surface area contributed by atoms with Crippen molar-refractivity contribution >= 4 is 22.7 Å². The van der Waals surface area contributed by atoms with Gasteiger partial charge in [0.05, 0.1) is 11.9 Å². The summed E-state index contributed by atoms with van der Waals surface area (Å²) in [5.41, 5.74) is 3.21. The van der Waals surface area contributed by atoms with E-state index in [-0.39, 0.29) is 5.56 Å². The number of aromatic nitrogens is 1. The van der Waals surface area contributed by atoms with Gasteiger partial charge in [0.2, 0.25) is 5.13 Å². The number of hydrazone groups is 1. The van der Waals surface area contributed by atoms with Crippen LogP contribution in [-0.2, 0) is 0 Å². The normalized spacial score (nSPS) is 11.9. The Morgan fingerprint density at radius 1 is 1.38 bits per heavy atom. The molecule has 21 heavy (non-hydrogen) atoms. The van der Waals surface area contributed by atoms with Crippen molar-refractivity contribution in [2.45, 2.75) is 13.3 Å². The lowest BCUT2D eigenvalue weighted by Gasteiger charge is -2.09. The lowest BCUT2D eigenvalue weighted by molar-refractivity contribution is -0.274. The van der Waals surface area contributed by atoms with E-state index in [0.29, 0.717) is 5.13 Å². The van der Waals surface area contributed by atoms with Crippen molar-refractivity contribution in [3.05, 3.63) is 40.7 Å². The molecule has 1 heterocycles. The number of nitrogens with zero attached hydrogens (tertiary/aromatic N) is 2. The number of aryl methyl sites for hydroxylation is 1. The van der Waals surface area contributed by atoms with Crippen LogP contribution >= 0.6 is 11.3 Å². The Kier molecular flexibility index (Phi) is 4.41. The fourth-order valence-electron chi connectivity index (χ4n) is 1.38. The molecule has 0 radical (unpaired) electrons. The van der Waals surface area contributed by atoms with E-state index in [4.69, 9.17) is 0 Å². The molecule has 0 saturated carbocycles. The molecule has 112 valence electrons. The maximum atomic E-state index is 13.5. The van der Waals surface area contributed by atoms with Crippen molar-refractivity contribution in [2.24, 2.45) is 5.10 Å². The van der Waals surface area contributed by atoms with E-state index >= 15 is 0 Å². The van der Waals surface area contributed by atoms with Gasteiger partial charge in [0, 0.05) is 10.9 Å². The van der Waals surface area contributed by atoms with Gasteiger partial charge in [-0.15, -0.1) is 24.5 Å².